The van der Waals surface area contributed by atoms with Gasteiger partial charge in [0.25, 0.3) is 15.8 Å². The van der Waals surface area contributed by atoms with Gasteiger partial charge in [-0.2, -0.15) is 13.2 Å². The number of nitro benzene ring substituents is 1. The Morgan fingerprint density at radius 2 is 1.69 bits per heavy atom. The highest BCUT2D eigenvalue weighted by Crippen LogP contribution is 2.42. The second-order valence-electron chi connectivity index (χ2n) is 8.38. The number of rotatable bonds is 9. The Hall–Kier alpha value is -4.40. The minimum Gasteiger partial charge on any atom is -0.507 e. The van der Waals surface area contributed by atoms with E-state index in [4.69, 9.17) is 9.47 Å². The molecular formula is C24H21F3N2O9S. The Bertz CT molecular complexity index is 1570. The first-order chi connectivity index (χ1) is 18.1. The van der Waals surface area contributed by atoms with Crippen molar-refractivity contribution in [2.24, 2.45) is 0 Å². The van der Waals surface area contributed by atoms with Crippen LogP contribution >= 0.6 is 0 Å². The summed E-state index contributed by atoms with van der Waals surface area (Å²) in [6.45, 7) is 2.67. The van der Waals surface area contributed by atoms with Gasteiger partial charge in [0.15, 0.2) is 11.7 Å². The highest BCUT2D eigenvalue weighted by molar-refractivity contribution is 7.92. The number of ketones is 1. The van der Waals surface area contributed by atoms with E-state index >= 15 is 0 Å². The molecule has 0 radical (unpaired) electrons. The molecule has 15 heteroatoms. The molecule has 2 N–H and O–H groups in total. The predicted molar refractivity (Wildman–Crippen MR) is 131 cm³/mol. The summed E-state index contributed by atoms with van der Waals surface area (Å²) in [6.07, 6.45) is -6.44. The number of phenols is 1. The summed E-state index contributed by atoms with van der Waals surface area (Å²) in [7, 11) is -3.50. The number of carbonyl (C=O) groups excluding carboxylic acids is 2. The number of carbonyl (C=O) groups is 2. The number of halogens is 3. The Kier molecular flexibility index (Phi) is 8.05. The van der Waals surface area contributed by atoms with E-state index in [1.807, 2.05) is 0 Å². The Balaban J connectivity index is 2.25. The van der Waals surface area contributed by atoms with Gasteiger partial charge in [-0.3, -0.25) is 24.4 Å². The molecule has 0 aliphatic carbocycles. The summed E-state index contributed by atoms with van der Waals surface area (Å²) in [4.78, 5) is 34.8. The number of methoxy groups -OCH3 is 1. The van der Waals surface area contributed by atoms with Crippen molar-refractivity contribution in [1.29, 1.82) is 0 Å². The van der Waals surface area contributed by atoms with Crippen molar-refractivity contribution in [3.05, 3.63) is 64.2 Å². The van der Waals surface area contributed by atoms with E-state index in [2.05, 4.69) is 4.72 Å². The Labute approximate surface area is 219 Å². The van der Waals surface area contributed by atoms with Gasteiger partial charge in [0, 0.05) is 22.4 Å². The van der Waals surface area contributed by atoms with E-state index in [0.29, 0.717) is 12.1 Å². The van der Waals surface area contributed by atoms with E-state index in [9.17, 15) is 46.4 Å². The quantitative estimate of drug-likeness (QED) is 0.125. The molecule has 3 aromatic rings. The van der Waals surface area contributed by atoms with Crippen LogP contribution in [0.15, 0.2) is 53.4 Å². The number of Topliss-reactive ketones (excluding diaryl/α,β-unsaturated/α-hetero) is 1. The molecule has 0 spiro atoms. The van der Waals surface area contributed by atoms with Gasteiger partial charge in [-0.05, 0) is 32.0 Å². The van der Waals surface area contributed by atoms with Gasteiger partial charge in [0.2, 0.25) is 0 Å². The van der Waals surface area contributed by atoms with Gasteiger partial charge in [-0.25, -0.2) is 8.42 Å². The number of nitro groups is 1. The second-order valence-corrected chi connectivity index (χ2v) is 10.1. The van der Waals surface area contributed by atoms with Gasteiger partial charge in [0.1, 0.15) is 5.75 Å². The number of ether oxygens (including phenoxy) is 2. The average molecular weight is 570 g/mol. The van der Waals surface area contributed by atoms with Gasteiger partial charge < -0.3 is 14.6 Å². The van der Waals surface area contributed by atoms with Crippen molar-refractivity contribution in [3.8, 4) is 11.5 Å². The van der Waals surface area contributed by atoms with Gasteiger partial charge in [-0.1, -0.05) is 24.3 Å². The number of benzene rings is 3. The molecule has 208 valence electrons. The number of alkyl halides is 3. The second kappa shape index (κ2) is 10.8. The lowest BCUT2D eigenvalue weighted by Gasteiger charge is -2.21. The molecule has 0 aromatic heterocycles. The number of hydrogen-bond donors (Lipinski definition) is 2. The summed E-state index contributed by atoms with van der Waals surface area (Å²) < 4.78 is 78.6. The van der Waals surface area contributed by atoms with E-state index in [-0.39, 0.29) is 16.5 Å². The molecular weight excluding hydrogens is 549 g/mol. The van der Waals surface area contributed by atoms with Gasteiger partial charge in [-0.15, -0.1) is 0 Å². The van der Waals surface area contributed by atoms with E-state index in [0.717, 1.165) is 19.2 Å². The fraction of sp³-hybridized carbons (Fsp3) is 0.250. The van der Waals surface area contributed by atoms with Crippen LogP contribution in [0, 0.1) is 10.1 Å². The first kappa shape index (κ1) is 29.2. The van der Waals surface area contributed by atoms with Gasteiger partial charge in [0.05, 0.1) is 28.7 Å². The smallest absolute Gasteiger partial charge is 0.451 e. The van der Waals surface area contributed by atoms with Crippen molar-refractivity contribution in [2.45, 2.75) is 36.9 Å². The summed E-state index contributed by atoms with van der Waals surface area (Å²) >= 11 is 0. The van der Waals surface area contributed by atoms with Crippen molar-refractivity contribution < 1.29 is 50.7 Å². The molecule has 0 saturated heterocycles. The zero-order valence-electron chi connectivity index (χ0n) is 20.5. The van der Waals surface area contributed by atoms with Crippen LogP contribution in [0.25, 0.3) is 10.8 Å². The molecule has 0 aliphatic rings. The van der Waals surface area contributed by atoms with Crippen LogP contribution in [0.4, 0.5) is 24.5 Å². The molecule has 1 atom stereocenters. The summed E-state index contributed by atoms with van der Waals surface area (Å²) in [6, 6.07) is 8.81. The molecule has 39 heavy (non-hydrogen) atoms. The lowest BCUT2D eigenvalue weighted by molar-refractivity contribution is -0.386. The SMILES string of the molecule is COc1ccc(S(=O)(=O)Nc2cc([C@@H](C(=O)OC(C)C)C(=O)C(F)(F)F)c(O)c3ccccc23)cc1[N+](=O)[O-]. The molecule has 0 aliphatic heterocycles. The maximum absolute atomic E-state index is 13.5. The molecule has 0 unspecified atom stereocenters. The molecule has 0 amide bonds. The maximum Gasteiger partial charge on any atom is 0.451 e. The van der Waals surface area contributed by atoms with Crippen molar-refractivity contribution in [1.82, 2.24) is 0 Å². The minimum atomic E-state index is -5.51. The van der Waals surface area contributed by atoms with Crippen LogP contribution in [0.5, 0.6) is 11.5 Å². The predicted octanol–water partition coefficient (Wildman–Crippen LogP) is 4.43. The maximum atomic E-state index is 13.5. The van der Waals surface area contributed by atoms with Crippen LogP contribution in [-0.4, -0.2) is 49.6 Å². The van der Waals surface area contributed by atoms with Crippen molar-refractivity contribution in [3.63, 3.8) is 0 Å². The van der Waals surface area contributed by atoms with Crippen LogP contribution in [-0.2, 0) is 24.3 Å². The molecule has 0 bridgehead atoms. The number of fused-ring (bicyclic) bond motifs is 1. The Morgan fingerprint density at radius 1 is 1.08 bits per heavy atom. The third-order valence-corrected chi connectivity index (χ3v) is 6.75. The number of esters is 1. The van der Waals surface area contributed by atoms with Crippen LogP contribution in [0.2, 0.25) is 0 Å². The number of aromatic hydroxyl groups is 1. The van der Waals surface area contributed by atoms with E-state index in [1.54, 1.807) is 0 Å². The van der Waals surface area contributed by atoms with Crippen molar-refractivity contribution >= 4 is 43.9 Å². The minimum absolute atomic E-state index is 0.0132. The highest BCUT2D eigenvalue weighted by Gasteiger charge is 2.49. The first-order valence-electron chi connectivity index (χ1n) is 11.0. The molecule has 3 aromatic carbocycles. The standard InChI is InChI=1S/C24H21F3N2O9S/c1-12(2)38-23(32)20(22(31)24(25,26)27)16-11-17(14-6-4-5-7-15(14)21(16)30)28-39(35,36)13-8-9-19(37-3)18(10-13)29(33)34/h4-12,20,28,30H,1-3H3/t20-/m1/s1. The number of nitrogens with zero attached hydrogens (tertiary/aromatic N) is 1. The van der Waals surface area contributed by atoms with Crippen molar-refractivity contribution in [2.75, 3.05) is 11.8 Å². The normalized spacial score (nSPS) is 12.7. The van der Waals surface area contributed by atoms with Gasteiger partial charge >= 0.3 is 17.8 Å². The fourth-order valence-electron chi connectivity index (χ4n) is 3.71. The lowest BCUT2D eigenvalue weighted by Crippen LogP contribution is -2.35. The summed E-state index contributed by atoms with van der Waals surface area (Å²) in [5.41, 5.74) is -1.96. The highest BCUT2D eigenvalue weighted by atomic mass is 32.2. The summed E-state index contributed by atoms with van der Waals surface area (Å²) in [5.74, 6) is -7.94. The number of hydrogen-bond acceptors (Lipinski definition) is 9. The molecule has 0 fully saturated rings. The summed E-state index contributed by atoms with van der Waals surface area (Å²) in [5, 5.41) is 22.0. The number of anilines is 1. The monoisotopic (exact) mass is 570 g/mol. The van der Waals surface area contributed by atoms with E-state index in [1.165, 1.54) is 38.1 Å². The Morgan fingerprint density at radius 3 is 2.23 bits per heavy atom. The van der Waals surface area contributed by atoms with Crippen LogP contribution in [0.3, 0.4) is 0 Å². The molecule has 0 heterocycles. The largest absolute Gasteiger partial charge is 0.507 e. The zero-order chi connectivity index (χ0) is 29.3. The number of sulfonamides is 1. The third-order valence-electron chi connectivity index (χ3n) is 5.39. The van der Waals surface area contributed by atoms with Crippen LogP contribution in [0.1, 0.15) is 25.3 Å². The third kappa shape index (κ3) is 6.03. The molecule has 3 rings (SSSR count). The topological polar surface area (TPSA) is 162 Å². The zero-order valence-corrected chi connectivity index (χ0v) is 21.3. The lowest BCUT2D eigenvalue weighted by atomic mass is 9.90. The fourth-order valence-corrected chi connectivity index (χ4v) is 4.80. The average Bonchev–Trinajstić information content (AvgIpc) is 2.85. The van der Waals surface area contributed by atoms with Crippen LogP contribution < -0.4 is 9.46 Å². The number of nitrogens with one attached hydrogen (secondary N) is 1. The molecule has 0 saturated carbocycles. The first-order valence-corrected chi connectivity index (χ1v) is 12.5. The molecule has 11 nitrogen and oxygen atoms in total. The van der Waals surface area contributed by atoms with E-state index < -0.39 is 72.5 Å². The number of phenolic OH excluding ortho intramolecular Hbond substituents is 1.